The molecule has 0 radical (unpaired) electrons. The third-order valence-corrected chi connectivity index (χ3v) is 5.66. The Hall–Kier alpha value is -3.41. The molecule has 0 saturated carbocycles. The number of nitrogens with zero attached hydrogens (tertiary/aromatic N) is 3. The topological polar surface area (TPSA) is 145 Å². The number of sulfonamides is 1. The van der Waals surface area contributed by atoms with Crippen LogP contribution in [0.3, 0.4) is 0 Å². The molecule has 1 fully saturated rings. The summed E-state index contributed by atoms with van der Waals surface area (Å²) < 4.78 is 28.1. The van der Waals surface area contributed by atoms with Crippen LogP contribution in [0.2, 0.25) is 0 Å². The normalized spacial score (nSPS) is 14.4. The van der Waals surface area contributed by atoms with Crippen molar-refractivity contribution >= 4 is 38.6 Å². The SMILES string of the molecule is NS(=O)(=O)c1ccc(NC(=O)c2nc3ccccc3nc2C(=O)N2CCOCC2)cc1. The van der Waals surface area contributed by atoms with Crippen molar-refractivity contribution in [1.82, 2.24) is 14.9 Å². The van der Waals surface area contributed by atoms with Gasteiger partial charge in [0.05, 0.1) is 29.1 Å². The van der Waals surface area contributed by atoms with Gasteiger partial charge in [-0.25, -0.2) is 23.5 Å². The summed E-state index contributed by atoms with van der Waals surface area (Å²) in [5.41, 5.74) is 1.10. The fraction of sp³-hybridized carbons (Fsp3) is 0.200. The van der Waals surface area contributed by atoms with Crippen LogP contribution in [0.1, 0.15) is 21.0 Å². The predicted octanol–water partition coefficient (Wildman–Crippen LogP) is 1.00. The number of benzene rings is 2. The second kappa shape index (κ2) is 8.38. The Labute approximate surface area is 178 Å². The first-order valence-corrected chi connectivity index (χ1v) is 11.0. The number of carbonyl (C=O) groups excluding carboxylic acids is 2. The molecule has 160 valence electrons. The van der Waals surface area contributed by atoms with Gasteiger partial charge in [0.2, 0.25) is 10.0 Å². The maximum atomic E-state index is 13.1. The molecule has 0 aliphatic carbocycles. The number of nitrogens with one attached hydrogen (secondary N) is 1. The average molecular weight is 441 g/mol. The summed E-state index contributed by atoms with van der Waals surface area (Å²) in [5, 5.41) is 7.72. The number of morpholine rings is 1. The van der Waals surface area contributed by atoms with E-state index < -0.39 is 21.8 Å². The summed E-state index contributed by atoms with van der Waals surface area (Å²) in [5.74, 6) is -1.05. The molecule has 2 heterocycles. The van der Waals surface area contributed by atoms with E-state index in [0.717, 1.165) is 0 Å². The fourth-order valence-electron chi connectivity index (χ4n) is 3.14. The van der Waals surface area contributed by atoms with Gasteiger partial charge in [-0.2, -0.15) is 0 Å². The molecular formula is C20H19N5O5S. The minimum absolute atomic E-state index is 0.0562. The Morgan fingerprint density at radius 1 is 0.935 bits per heavy atom. The molecule has 0 spiro atoms. The van der Waals surface area contributed by atoms with E-state index in [1.807, 2.05) is 0 Å². The molecule has 10 nitrogen and oxygen atoms in total. The molecule has 0 atom stereocenters. The lowest BCUT2D eigenvalue weighted by molar-refractivity contribution is 0.0298. The highest BCUT2D eigenvalue weighted by molar-refractivity contribution is 7.89. The monoisotopic (exact) mass is 441 g/mol. The van der Waals surface area contributed by atoms with Gasteiger partial charge in [0.15, 0.2) is 11.4 Å². The lowest BCUT2D eigenvalue weighted by Crippen LogP contribution is -2.42. The van der Waals surface area contributed by atoms with Gasteiger partial charge >= 0.3 is 0 Å². The van der Waals surface area contributed by atoms with E-state index >= 15 is 0 Å². The molecule has 0 unspecified atom stereocenters. The summed E-state index contributed by atoms with van der Waals surface area (Å²) in [6.45, 7) is 1.60. The van der Waals surface area contributed by atoms with Crippen molar-refractivity contribution < 1.29 is 22.7 Å². The number of nitrogens with two attached hydrogens (primary N) is 1. The van der Waals surface area contributed by atoms with Crippen LogP contribution in [0.5, 0.6) is 0 Å². The predicted molar refractivity (Wildman–Crippen MR) is 112 cm³/mol. The van der Waals surface area contributed by atoms with Crippen molar-refractivity contribution in [3.05, 3.63) is 59.9 Å². The van der Waals surface area contributed by atoms with E-state index in [1.165, 1.54) is 24.3 Å². The quantitative estimate of drug-likeness (QED) is 0.614. The minimum atomic E-state index is -3.85. The van der Waals surface area contributed by atoms with Gasteiger partial charge in [-0.1, -0.05) is 12.1 Å². The Balaban J connectivity index is 1.69. The summed E-state index contributed by atoms with van der Waals surface area (Å²) in [6.07, 6.45) is 0. The number of rotatable bonds is 4. The molecule has 1 aromatic heterocycles. The van der Waals surface area contributed by atoms with E-state index in [9.17, 15) is 18.0 Å². The zero-order valence-electron chi connectivity index (χ0n) is 16.3. The van der Waals surface area contributed by atoms with E-state index in [0.29, 0.717) is 43.0 Å². The summed E-state index contributed by atoms with van der Waals surface area (Å²) in [7, 11) is -3.85. The number of ether oxygens (including phenoxy) is 1. The molecule has 3 N–H and O–H groups in total. The molecule has 31 heavy (non-hydrogen) atoms. The second-order valence-electron chi connectivity index (χ2n) is 6.84. The number of fused-ring (bicyclic) bond motifs is 1. The first-order valence-electron chi connectivity index (χ1n) is 9.41. The zero-order valence-corrected chi connectivity index (χ0v) is 17.1. The van der Waals surface area contributed by atoms with Gasteiger partial charge in [0.1, 0.15) is 0 Å². The van der Waals surface area contributed by atoms with Gasteiger partial charge in [-0.15, -0.1) is 0 Å². The lowest BCUT2D eigenvalue weighted by atomic mass is 10.2. The number of hydrogen-bond acceptors (Lipinski definition) is 7. The molecule has 0 bridgehead atoms. The van der Waals surface area contributed by atoms with Crippen molar-refractivity contribution in [1.29, 1.82) is 0 Å². The first-order chi connectivity index (χ1) is 14.8. The number of anilines is 1. The van der Waals surface area contributed by atoms with Gasteiger partial charge in [0, 0.05) is 18.8 Å². The molecule has 3 aromatic rings. The largest absolute Gasteiger partial charge is 0.378 e. The van der Waals surface area contributed by atoms with E-state index in [2.05, 4.69) is 15.3 Å². The maximum absolute atomic E-state index is 13.1. The number of amides is 2. The number of primary sulfonamides is 1. The van der Waals surface area contributed by atoms with Crippen molar-refractivity contribution in [3.8, 4) is 0 Å². The number of carbonyl (C=O) groups is 2. The molecule has 4 rings (SSSR count). The van der Waals surface area contributed by atoms with Crippen LogP contribution in [-0.2, 0) is 14.8 Å². The molecule has 1 saturated heterocycles. The summed E-state index contributed by atoms with van der Waals surface area (Å²) in [6, 6.07) is 12.3. The third kappa shape index (κ3) is 4.53. The average Bonchev–Trinajstić information content (AvgIpc) is 2.78. The van der Waals surface area contributed by atoms with E-state index in [1.54, 1.807) is 29.2 Å². The Morgan fingerprint density at radius 3 is 2.10 bits per heavy atom. The van der Waals surface area contributed by atoms with E-state index in [-0.39, 0.29) is 16.3 Å². The number of aromatic nitrogens is 2. The van der Waals surface area contributed by atoms with Gasteiger partial charge in [-0.05, 0) is 36.4 Å². The summed E-state index contributed by atoms with van der Waals surface area (Å²) in [4.78, 5) is 36.3. The van der Waals surface area contributed by atoms with Crippen LogP contribution >= 0.6 is 0 Å². The highest BCUT2D eigenvalue weighted by Gasteiger charge is 2.27. The van der Waals surface area contributed by atoms with Crippen LogP contribution < -0.4 is 10.5 Å². The smallest absolute Gasteiger partial charge is 0.276 e. The molecule has 2 aromatic carbocycles. The van der Waals surface area contributed by atoms with Crippen LogP contribution in [0.25, 0.3) is 11.0 Å². The van der Waals surface area contributed by atoms with Crippen LogP contribution in [0, 0.1) is 0 Å². The highest BCUT2D eigenvalue weighted by atomic mass is 32.2. The molecular weight excluding hydrogens is 422 g/mol. The van der Waals surface area contributed by atoms with Crippen LogP contribution in [0.15, 0.2) is 53.4 Å². The van der Waals surface area contributed by atoms with Gasteiger partial charge in [-0.3, -0.25) is 9.59 Å². The Bertz CT molecular complexity index is 1250. The maximum Gasteiger partial charge on any atom is 0.276 e. The van der Waals surface area contributed by atoms with Crippen molar-refractivity contribution in [2.24, 2.45) is 5.14 Å². The lowest BCUT2D eigenvalue weighted by Gasteiger charge is -2.27. The number of hydrogen-bond donors (Lipinski definition) is 2. The molecule has 1 aliphatic rings. The van der Waals surface area contributed by atoms with E-state index in [4.69, 9.17) is 9.88 Å². The molecule has 1 aliphatic heterocycles. The fourth-order valence-corrected chi connectivity index (χ4v) is 3.66. The van der Waals surface area contributed by atoms with Crippen molar-refractivity contribution in [3.63, 3.8) is 0 Å². The van der Waals surface area contributed by atoms with Crippen molar-refractivity contribution in [2.75, 3.05) is 31.6 Å². The highest BCUT2D eigenvalue weighted by Crippen LogP contribution is 2.18. The summed E-state index contributed by atoms with van der Waals surface area (Å²) >= 11 is 0. The Kier molecular flexibility index (Phi) is 5.63. The first kappa shape index (κ1) is 20.8. The van der Waals surface area contributed by atoms with Crippen LogP contribution in [0.4, 0.5) is 5.69 Å². The van der Waals surface area contributed by atoms with Gasteiger partial charge in [0.25, 0.3) is 11.8 Å². The van der Waals surface area contributed by atoms with Gasteiger partial charge < -0.3 is 15.0 Å². The van der Waals surface area contributed by atoms with Crippen molar-refractivity contribution in [2.45, 2.75) is 4.90 Å². The third-order valence-electron chi connectivity index (χ3n) is 4.73. The molecule has 2 amide bonds. The standard InChI is InChI=1S/C20H19N5O5S/c21-31(28,29)14-7-5-13(6-8-14)22-19(26)17-18(20(27)25-9-11-30-12-10-25)24-16-4-2-1-3-15(16)23-17/h1-8H,9-12H2,(H,22,26)(H2,21,28,29). The molecule has 11 heteroatoms. The van der Waals surface area contributed by atoms with Crippen LogP contribution in [-0.4, -0.2) is 61.4 Å². The Morgan fingerprint density at radius 2 is 1.52 bits per heavy atom. The number of para-hydroxylation sites is 2. The minimum Gasteiger partial charge on any atom is -0.378 e. The zero-order chi connectivity index (χ0) is 22.0. The second-order valence-corrected chi connectivity index (χ2v) is 8.40.